The Hall–Kier alpha value is -4.25. The Kier molecular flexibility index (Phi) is 6.17. The van der Waals surface area contributed by atoms with Crippen LogP contribution in [0.3, 0.4) is 0 Å². The van der Waals surface area contributed by atoms with E-state index in [1.54, 1.807) is 16.9 Å². The van der Waals surface area contributed by atoms with Crippen LogP contribution in [0, 0.1) is 0 Å². The monoisotopic (exact) mass is 446 g/mol. The normalized spacial score (nSPS) is 11.9. The number of hydrogen-bond acceptors (Lipinski definition) is 3. The van der Waals surface area contributed by atoms with E-state index in [2.05, 4.69) is 63.9 Å². The second kappa shape index (κ2) is 9.71. The highest BCUT2D eigenvalue weighted by molar-refractivity contribution is 6.00. The first-order valence-electron chi connectivity index (χ1n) is 11.5. The van der Waals surface area contributed by atoms with Crippen LogP contribution in [0.15, 0.2) is 103 Å². The summed E-state index contributed by atoms with van der Waals surface area (Å²) < 4.78 is 1.74. The fourth-order valence-corrected chi connectivity index (χ4v) is 4.14. The smallest absolute Gasteiger partial charge is 0.256 e. The maximum Gasteiger partial charge on any atom is 0.256 e. The van der Waals surface area contributed by atoms with Gasteiger partial charge in [0, 0.05) is 17.8 Å². The molecule has 1 amide bonds. The van der Waals surface area contributed by atoms with Gasteiger partial charge in [-0.15, -0.1) is 0 Å². The average Bonchev–Trinajstić information content (AvgIpc) is 3.33. The molecule has 0 saturated carbocycles. The van der Waals surface area contributed by atoms with Gasteiger partial charge in [0.15, 0.2) is 5.65 Å². The first-order valence-corrected chi connectivity index (χ1v) is 11.5. The molecule has 1 N–H and O–H groups in total. The number of amides is 1. The highest BCUT2D eigenvalue weighted by atomic mass is 16.1. The van der Waals surface area contributed by atoms with Crippen molar-refractivity contribution >= 4 is 11.6 Å². The Bertz CT molecular complexity index is 1390. The molecule has 0 radical (unpaired) electrons. The maximum absolute atomic E-state index is 13.0. The van der Waals surface area contributed by atoms with Crippen LogP contribution in [0.25, 0.3) is 28.0 Å². The van der Waals surface area contributed by atoms with Crippen LogP contribution in [-0.2, 0) is 6.42 Å². The van der Waals surface area contributed by atoms with Crippen molar-refractivity contribution in [1.82, 2.24) is 19.9 Å². The van der Waals surface area contributed by atoms with Gasteiger partial charge in [-0.1, -0.05) is 84.9 Å². The van der Waals surface area contributed by atoms with Crippen molar-refractivity contribution in [2.24, 2.45) is 0 Å². The van der Waals surface area contributed by atoms with Crippen molar-refractivity contribution in [3.8, 4) is 22.4 Å². The van der Waals surface area contributed by atoms with Gasteiger partial charge in [-0.25, -0.2) is 9.50 Å². The quantitative estimate of drug-likeness (QED) is 0.343. The summed E-state index contributed by atoms with van der Waals surface area (Å²) >= 11 is 0. The second-order valence-corrected chi connectivity index (χ2v) is 8.47. The number of hydrogen-bond donors (Lipinski definition) is 1. The first-order chi connectivity index (χ1) is 16.7. The maximum atomic E-state index is 13.0. The number of nitrogens with one attached hydrogen (secondary N) is 1. The lowest BCUT2D eigenvalue weighted by atomic mass is 10.0. The minimum Gasteiger partial charge on any atom is -0.349 e. The van der Waals surface area contributed by atoms with Crippen molar-refractivity contribution in [2.75, 3.05) is 0 Å². The van der Waals surface area contributed by atoms with E-state index in [1.807, 2.05) is 49.4 Å². The summed E-state index contributed by atoms with van der Waals surface area (Å²) in [6.07, 6.45) is 5.11. The van der Waals surface area contributed by atoms with Crippen LogP contribution in [0.1, 0.15) is 29.3 Å². The molecule has 0 aliphatic carbocycles. The summed E-state index contributed by atoms with van der Waals surface area (Å²) in [5, 5.41) is 7.59. The third-order valence-corrected chi connectivity index (χ3v) is 6.02. The molecule has 2 heterocycles. The third-order valence-electron chi connectivity index (χ3n) is 6.02. The van der Waals surface area contributed by atoms with Gasteiger partial charge < -0.3 is 5.32 Å². The predicted octanol–water partition coefficient (Wildman–Crippen LogP) is 5.81. The van der Waals surface area contributed by atoms with Crippen LogP contribution in [-0.4, -0.2) is 26.5 Å². The fourth-order valence-electron chi connectivity index (χ4n) is 4.14. The van der Waals surface area contributed by atoms with E-state index in [0.717, 1.165) is 29.7 Å². The number of aromatic nitrogens is 3. The average molecular weight is 447 g/mol. The Labute approximate surface area is 199 Å². The molecule has 0 bridgehead atoms. The zero-order valence-corrected chi connectivity index (χ0v) is 19.1. The minimum atomic E-state index is -0.153. The third kappa shape index (κ3) is 4.59. The van der Waals surface area contributed by atoms with Gasteiger partial charge >= 0.3 is 0 Å². The van der Waals surface area contributed by atoms with Gasteiger partial charge in [0.05, 0.1) is 11.9 Å². The van der Waals surface area contributed by atoms with Gasteiger partial charge in [-0.3, -0.25) is 4.79 Å². The number of rotatable bonds is 7. The van der Waals surface area contributed by atoms with E-state index in [9.17, 15) is 4.79 Å². The van der Waals surface area contributed by atoms with Crippen molar-refractivity contribution < 1.29 is 4.79 Å². The topological polar surface area (TPSA) is 59.3 Å². The molecule has 5 heteroatoms. The molecule has 0 aliphatic heterocycles. The summed E-state index contributed by atoms with van der Waals surface area (Å²) in [5.74, 6) is -0.153. The molecule has 2 aromatic heterocycles. The summed E-state index contributed by atoms with van der Waals surface area (Å²) in [6.45, 7) is 2.03. The van der Waals surface area contributed by atoms with Crippen LogP contribution in [0.5, 0.6) is 0 Å². The van der Waals surface area contributed by atoms with Crippen LogP contribution in [0.2, 0.25) is 0 Å². The highest BCUT2D eigenvalue weighted by Crippen LogP contribution is 2.25. The number of nitrogens with zero attached hydrogens (tertiary/aromatic N) is 3. The molecule has 0 aliphatic rings. The van der Waals surface area contributed by atoms with Crippen molar-refractivity contribution in [2.45, 2.75) is 25.8 Å². The van der Waals surface area contributed by atoms with Crippen LogP contribution >= 0.6 is 0 Å². The molecule has 168 valence electrons. The summed E-state index contributed by atoms with van der Waals surface area (Å²) in [7, 11) is 0. The molecule has 1 atom stereocenters. The number of carbonyl (C=O) groups is 1. The molecule has 34 heavy (non-hydrogen) atoms. The second-order valence-electron chi connectivity index (χ2n) is 8.47. The zero-order valence-electron chi connectivity index (χ0n) is 19.1. The van der Waals surface area contributed by atoms with Gasteiger partial charge in [0.2, 0.25) is 0 Å². The van der Waals surface area contributed by atoms with Crippen molar-refractivity contribution in [3.63, 3.8) is 0 Å². The Morgan fingerprint density at radius 1 is 0.853 bits per heavy atom. The Morgan fingerprint density at radius 2 is 1.50 bits per heavy atom. The lowest BCUT2D eigenvalue weighted by Gasteiger charge is -2.13. The van der Waals surface area contributed by atoms with Crippen LogP contribution < -0.4 is 5.32 Å². The molecule has 0 saturated heterocycles. The summed E-state index contributed by atoms with van der Waals surface area (Å²) in [4.78, 5) is 17.4. The standard InChI is InChI=1S/C29H26N4O/c1-21(12-13-22-8-4-2-5-9-22)32-29(34)26-20-31-33-27(18-19-30-28(26)33)25-16-14-24(15-17-25)23-10-6-3-7-11-23/h2-11,14-21H,12-13H2,1H3,(H,32,34)/t21-/m1/s1. The number of aryl methyl sites for hydroxylation is 1. The molecule has 5 aromatic rings. The molecule has 5 rings (SSSR count). The van der Waals surface area contributed by atoms with E-state index in [4.69, 9.17) is 0 Å². The molecule has 0 fully saturated rings. The van der Waals surface area contributed by atoms with E-state index < -0.39 is 0 Å². The number of benzene rings is 3. The minimum absolute atomic E-state index is 0.0383. The van der Waals surface area contributed by atoms with E-state index >= 15 is 0 Å². The predicted molar refractivity (Wildman–Crippen MR) is 136 cm³/mol. The van der Waals surface area contributed by atoms with Gasteiger partial charge in [-0.05, 0) is 42.5 Å². The number of carbonyl (C=O) groups excluding carboxylic acids is 1. The van der Waals surface area contributed by atoms with Crippen molar-refractivity contribution in [3.05, 3.63) is 115 Å². The zero-order chi connectivity index (χ0) is 23.3. The largest absolute Gasteiger partial charge is 0.349 e. The van der Waals surface area contributed by atoms with E-state index in [1.165, 1.54) is 11.1 Å². The van der Waals surface area contributed by atoms with Gasteiger partial charge in [-0.2, -0.15) is 5.10 Å². The molecular weight excluding hydrogens is 420 g/mol. The van der Waals surface area contributed by atoms with Gasteiger partial charge in [0.1, 0.15) is 5.56 Å². The van der Waals surface area contributed by atoms with Crippen molar-refractivity contribution in [1.29, 1.82) is 0 Å². The van der Waals surface area contributed by atoms with E-state index in [-0.39, 0.29) is 11.9 Å². The molecular formula is C29H26N4O. The van der Waals surface area contributed by atoms with Crippen LogP contribution in [0.4, 0.5) is 0 Å². The Balaban J connectivity index is 1.33. The number of fused-ring (bicyclic) bond motifs is 1. The summed E-state index contributed by atoms with van der Waals surface area (Å²) in [5.41, 5.74) is 6.53. The lowest BCUT2D eigenvalue weighted by molar-refractivity contribution is 0.0940. The Morgan fingerprint density at radius 3 is 2.24 bits per heavy atom. The highest BCUT2D eigenvalue weighted by Gasteiger charge is 2.18. The molecule has 0 spiro atoms. The fraction of sp³-hybridized carbons (Fsp3) is 0.138. The molecule has 5 nitrogen and oxygen atoms in total. The van der Waals surface area contributed by atoms with E-state index in [0.29, 0.717) is 11.2 Å². The molecule has 0 unspecified atom stereocenters. The lowest BCUT2D eigenvalue weighted by Crippen LogP contribution is -2.32. The molecule has 3 aromatic carbocycles. The summed E-state index contributed by atoms with van der Waals surface area (Å²) in [6, 6.07) is 30.9. The van der Waals surface area contributed by atoms with Gasteiger partial charge in [0.25, 0.3) is 5.91 Å². The SMILES string of the molecule is C[C@H](CCc1ccccc1)NC(=O)c1cnn2c(-c3ccc(-c4ccccc4)cc3)ccnc12. The first kappa shape index (κ1) is 21.6.